The largest absolute Gasteiger partial charge is 0.306 e. The van der Waals surface area contributed by atoms with Gasteiger partial charge >= 0.3 is 0 Å². The smallest absolute Gasteiger partial charge is 0.169 e. The van der Waals surface area contributed by atoms with Crippen molar-refractivity contribution in [3.63, 3.8) is 0 Å². The Morgan fingerprint density at radius 3 is 2.62 bits per heavy atom. The van der Waals surface area contributed by atoms with Crippen LogP contribution in [0.15, 0.2) is 35.7 Å². The molecule has 0 saturated heterocycles. The Labute approximate surface area is 124 Å². The van der Waals surface area contributed by atoms with Crippen LogP contribution in [0.4, 0.5) is 0 Å². The quantitative estimate of drug-likeness (QED) is 0.652. The van der Waals surface area contributed by atoms with Gasteiger partial charge in [0, 0.05) is 43.1 Å². The van der Waals surface area contributed by atoms with Crippen LogP contribution in [0.1, 0.15) is 31.7 Å². The molecule has 108 valence electrons. The van der Waals surface area contributed by atoms with Gasteiger partial charge in [-0.05, 0) is 6.92 Å². The average molecular weight is 282 g/mol. The standard InChI is InChI=1S/C16H20N5/c1-3-7-21-8-5-13(6-9-21)15-12-19-16(11-18-4-2)14(10-17)20-15/h5-6,8-12,17H,3-4,7H2,1-2H3/q+1. The molecular weight excluding hydrogens is 262 g/mol. The third kappa shape index (κ3) is 3.78. The summed E-state index contributed by atoms with van der Waals surface area (Å²) in [7, 11) is 0. The first-order valence-electron chi connectivity index (χ1n) is 7.15. The van der Waals surface area contributed by atoms with Crippen LogP contribution >= 0.6 is 0 Å². The van der Waals surface area contributed by atoms with Crippen molar-refractivity contribution in [2.45, 2.75) is 26.8 Å². The van der Waals surface area contributed by atoms with Crippen molar-refractivity contribution in [1.82, 2.24) is 9.97 Å². The molecule has 0 bridgehead atoms. The van der Waals surface area contributed by atoms with Gasteiger partial charge in [-0.1, -0.05) is 6.92 Å². The third-order valence-corrected chi connectivity index (χ3v) is 3.03. The van der Waals surface area contributed by atoms with E-state index in [-0.39, 0.29) is 0 Å². The van der Waals surface area contributed by atoms with E-state index in [4.69, 9.17) is 5.41 Å². The molecular formula is C16H20N5+. The number of hydrogen-bond acceptors (Lipinski definition) is 4. The van der Waals surface area contributed by atoms with Gasteiger partial charge in [0.05, 0.1) is 11.9 Å². The zero-order valence-corrected chi connectivity index (χ0v) is 12.5. The highest BCUT2D eigenvalue weighted by Crippen LogP contribution is 2.15. The zero-order chi connectivity index (χ0) is 15.1. The Morgan fingerprint density at radius 2 is 2.00 bits per heavy atom. The molecule has 2 aromatic heterocycles. The summed E-state index contributed by atoms with van der Waals surface area (Å²) in [5.41, 5.74) is 2.94. The van der Waals surface area contributed by atoms with Crippen molar-refractivity contribution in [3.05, 3.63) is 42.1 Å². The monoisotopic (exact) mass is 282 g/mol. The second kappa shape index (κ2) is 7.38. The Kier molecular flexibility index (Phi) is 5.26. The van der Waals surface area contributed by atoms with E-state index in [1.54, 1.807) is 12.4 Å². The topological polar surface area (TPSA) is 65.9 Å². The Hall–Kier alpha value is -2.43. The SMILES string of the molecule is CCC[n+]1ccc(-c2cnc(C=NCC)c(C=N)n2)cc1. The fourth-order valence-corrected chi connectivity index (χ4v) is 1.97. The Balaban J connectivity index is 2.31. The zero-order valence-electron chi connectivity index (χ0n) is 12.5. The Bertz CT molecular complexity index is 632. The first kappa shape index (κ1) is 15.0. The lowest BCUT2D eigenvalue weighted by Crippen LogP contribution is -2.31. The van der Waals surface area contributed by atoms with Crippen LogP contribution in [0.3, 0.4) is 0 Å². The van der Waals surface area contributed by atoms with Crippen LogP contribution < -0.4 is 4.57 Å². The van der Waals surface area contributed by atoms with Gasteiger partial charge in [0.2, 0.25) is 0 Å². The van der Waals surface area contributed by atoms with E-state index >= 15 is 0 Å². The first-order chi connectivity index (χ1) is 10.3. The molecule has 5 nitrogen and oxygen atoms in total. The van der Waals surface area contributed by atoms with E-state index in [0.717, 1.165) is 24.2 Å². The molecule has 0 saturated carbocycles. The number of nitrogens with zero attached hydrogens (tertiary/aromatic N) is 4. The van der Waals surface area contributed by atoms with Gasteiger partial charge < -0.3 is 5.41 Å². The van der Waals surface area contributed by atoms with Crippen LogP contribution in [0.25, 0.3) is 11.3 Å². The van der Waals surface area contributed by atoms with E-state index < -0.39 is 0 Å². The number of pyridine rings is 1. The summed E-state index contributed by atoms with van der Waals surface area (Å²) in [6.07, 6.45) is 9.79. The Morgan fingerprint density at radius 1 is 1.24 bits per heavy atom. The summed E-state index contributed by atoms with van der Waals surface area (Å²) in [5, 5.41) is 7.47. The summed E-state index contributed by atoms with van der Waals surface area (Å²) in [6.45, 7) is 5.80. The molecule has 0 amide bonds. The number of hydrogen-bond donors (Lipinski definition) is 1. The molecule has 0 radical (unpaired) electrons. The number of nitrogens with one attached hydrogen (secondary N) is 1. The minimum absolute atomic E-state index is 0.537. The fourth-order valence-electron chi connectivity index (χ4n) is 1.97. The van der Waals surface area contributed by atoms with Gasteiger partial charge in [-0.3, -0.25) is 9.98 Å². The molecule has 0 unspecified atom stereocenters. The van der Waals surface area contributed by atoms with Crippen LogP contribution in [0.5, 0.6) is 0 Å². The lowest BCUT2D eigenvalue weighted by molar-refractivity contribution is -0.696. The molecule has 5 heteroatoms. The summed E-state index contributed by atoms with van der Waals surface area (Å²) in [4.78, 5) is 13.0. The second-order valence-electron chi connectivity index (χ2n) is 4.62. The molecule has 0 aliphatic heterocycles. The van der Waals surface area contributed by atoms with E-state index in [9.17, 15) is 0 Å². The van der Waals surface area contributed by atoms with Crippen LogP contribution in [-0.2, 0) is 6.54 Å². The lowest BCUT2D eigenvalue weighted by atomic mass is 10.2. The molecule has 0 aliphatic rings. The molecule has 0 fully saturated rings. The first-order valence-corrected chi connectivity index (χ1v) is 7.15. The maximum absolute atomic E-state index is 7.47. The maximum atomic E-state index is 7.47. The molecule has 1 N–H and O–H groups in total. The van der Waals surface area contributed by atoms with Gasteiger partial charge in [0.15, 0.2) is 12.4 Å². The van der Waals surface area contributed by atoms with Crippen molar-refractivity contribution >= 4 is 12.4 Å². The highest BCUT2D eigenvalue weighted by atomic mass is 14.9. The second-order valence-corrected chi connectivity index (χ2v) is 4.62. The van der Waals surface area contributed by atoms with Crippen molar-refractivity contribution in [2.75, 3.05) is 6.54 Å². The molecule has 2 rings (SSSR count). The van der Waals surface area contributed by atoms with Crippen LogP contribution in [-0.4, -0.2) is 28.9 Å². The molecule has 0 spiro atoms. The van der Waals surface area contributed by atoms with Gasteiger partial charge in [-0.2, -0.15) is 0 Å². The lowest BCUT2D eigenvalue weighted by Gasteiger charge is -2.03. The molecule has 0 atom stereocenters. The van der Waals surface area contributed by atoms with Crippen molar-refractivity contribution < 1.29 is 4.57 Å². The summed E-state index contributed by atoms with van der Waals surface area (Å²) < 4.78 is 2.14. The molecule has 0 aliphatic carbocycles. The van der Waals surface area contributed by atoms with Gasteiger partial charge in [-0.15, -0.1) is 0 Å². The highest BCUT2D eigenvalue weighted by molar-refractivity contribution is 5.90. The third-order valence-electron chi connectivity index (χ3n) is 3.03. The van der Waals surface area contributed by atoms with Gasteiger partial charge in [0.1, 0.15) is 17.9 Å². The minimum Gasteiger partial charge on any atom is -0.306 e. The van der Waals surface area contributed by atoms with Crippen molar-refractivity contribution in [1.29, 1.82) is 5.41 Å². The number of rotatable bonds is 6. The predicted molar refractivity (Wildman–Crippen MR) is 84.0 cm³/mol. The predicted octanol–water partition coefficient (Wildman–Crippen LogP) is 2.28. The highest BCUT2D eigenvalue weighted by Gasteiger charge is 2.07. The molecule has 2 heterocycles. The number of aromatic nitrogens is 3. The fraction of sp³-hybridized carbons (Fsp3) is 0.312. The number of aliphatic imine (C=N–C) groups is 1. The van der Waals surface area contributed by atoms with E-state index in [1.807, 2.05) is 31.5 Å². The normalized spacial score (nSPS) is 11.0. The summed E-state index contributed by atoms with van der Waals surface area (Å²) >= 11 is 0. The van der Waals surface area contributed by atoms with Crippen LogP contribution in [0, 0.1) is 5.41 Å². The van der Waals surface area contributed by atoms with Gasteiger partial charge in [-0.25, -0.2) is 9.55 Å². The molecule has 21 heavy (non-hydrogen) atoms. The van der Waals surface area contributed by atoms with E-state index in [0.29, 0.717) is 17.9 Å². The van der Waals surface area contributed by atoms with Gasteiger partial charge in [0.25, 0.3) is 0 Å². The maximum Gasteiger partial charge on any atom is 0.169 e. The molecule has 0 aromatic carbocycles. The molecule has 2 aromatic rings. The summed E-state index contributed by atoms with van der Waals surface area (Å²) in [5.74, 6) is 0. The average Bonchev–Trinajstić information content (AvgIpc) is 2.54. The van der Waals surface area contributed by atoms with Crippen molar-refractivity contribution in [3.8, 4) is 11.3 Å². The van der Waals surface area contributed by atoms with Crippen molar-refractivity contribution in [2.24, 2.45) is 4.99 Å². The van der Waals surface area contributed by atoms with Crippen LogP contribution in [0.2, 0.25) is 0 Å². The van der Waals surface area contributed by atoms with E-state index in [2.05, 4.69) is 26.5 Å². The number of aryl methyl sites for hydroxylation is 1. The minimum atomic E-state index is 0.537. The van der Waals surface area contributed by atoms with E-state index in [1.165, 1.54) is 6.21 Å². The summed E-state index contributed by atoms with van der Waals surface area (Å²) in [6, 6.07) is 4.04.